The number of nitrogens with two attached hydrogens (primary N) is 1. The van der Waals surface area contributed by atoms with Gasteiger partial charge in [0.2, 0.25) is 5.91 Å². The van der Waals surface area contributed by atoms with E-state index in [1.807, 2.05) is 31.2 Å². The fourth-order valence-electron chi connectivity index (χ4n) is 1.30. The smallest absolute Gasteiger partial charge is 0.241 e. The highest BCUT2D eigenvalue weighted by Gasteiger charge is 2.13. The third kappa shape index (κ3) is 3.25. The quantitative estimate of drug-likeness (QED) is 0.355. The molecule has 0 fully saturated rings. The van der Waals surface area contributed by atoms with Crippen molar-refractivity contribution in [2.45, 2.75) is 24.7 Å². The van der Waals surface area contributed by atoms with Crippen molar-refractivity contribution in [2.24, 2.45) is 5.84 Å². The van der Waals surface area contributed by atoms with Gasteiger partial charge in [0.1, 0.15) is 0 Å². The van der Waals surface area contributed by atoms with Crippen molar-refractivity contribution in [1.82, 2.24) is 5.43 Å². The molecule has 0 aliphatic rings. The number of hydrogen-bond acceptors (Lipinski definition) is 3. The van der Waals surface area contributed by atoms with Crippen LogP contribution in [-0.2, 0) is 4.79 Å². The van der Waals surface area contributed by atoms with E-state index in [-0.39, 0.29) is 11.8 Å². The van der Waals surface area contributed by atoms with Crippen molar-refractivity contribution in [2.75, 3.05) is 5.75 Å². The number of nitrogens with one attached hydrogen (secondary N) is 1. The van der Waals surface area contributed by atoms with E-state index in [4.69, 9.17) is 5.84 Å². The summed E-state index contributed by atoms with van der Waals surface area (Å²) in [7, 11) is 0. The fraction of sp³-hybridized carbons (Fsp3) is 0.364. The predicted molar refractivity (Wildman–Crippen MR) is 63.6 cm³/mol. The van der Waals surface area contributed by atoms with Crippen LogP contribution in [0.4, 0.5) is 0 Å². The topological polar surface area (TPSA) is 55.1 Å². The zero-order chi connectivity index (χ0) is 11.3. The number of carbonyl (C=O) groups excluding carboxylic acids is 1. The maximum atomic E-state index is 11.3. The minimum Gasteiger partial charge on any atom is -0.294 e. The summed E-state index contributed by atoms with van der Waals surface area (Å²) in [6, 6.07) is 8.00. The van der Waals surface area contributed by atoms with E-state index in [0.29, 0.717) is 0 Å². The molecule has 82 valence electrons. The lowest BCUT2D eigenvalue weighted by atomic mass is 10.0. The maximum absolute atomic E-state index is 11.3. The van der Waals surface area contributed by atoms with Gasteiger partial charge in [-0.25, -0.2) is 5.84 Å². The van der Waals surface area contributed by atoms with Gasteiger partial charge in [-0.15, -0.1) is 11.8 Å². The number of thioether (sulfide) groups is 1. The molecule has 0 aromatic heterocycles. The summed E-state index contributed by atoms with van der Waals surface area (Å²) in [6.07, 6.45) is 0. The molecule has 15 heavy (non-hydrogen) atoms. The van der Waals surface area contributed by atoms with Crippen LogP contribution < -0.4 is 11.3 Å². The number of hydrazine groups is 1. The molecular weight excluding hydrogens is 208 g/mol. The molecular formula is C11H16N2OS. The molecule has 0 bridgehead atoms. The van der Waals surface area contributed by atoms with Crippen molar-refractivity contribution in [3.63, 3.8) is 0 Å². The first-order chi connectivity index (χ1) is 7.19. The van der Waals surface area contributed by atoms with E-state index >= 15 is 0 Å². The second-order valence-electron chi connectivity index (χ2n) is 3.23. The summed E-state index contributed by atoms with van der Waals surface area (Å²) in [4.78, 5) is 12.5. The number of benzene rings is 1. The van der Waals surface area contributed by atoms with E-state index in [1.54, 1.807) is 11.8 Å². The Morgan fingerprint density at radius 1 is 1.47 bits per heavy atom. The van der Waals surface area contributed by atoms with Crippen molar-refractivity contribution < 1.29 is 4.79 Å². The number of rotatable bonds is 4. The highest BCUT2D eigenvalue weighted by Crippen LogP contribution is 2.21. The van der Waals surface area contributed by atoms with Crippen molar-refractivity contribution in [3.8, 4) is 0 Å². The summed E-state index contributed by atoms with van der Waals surface area (Å²) in [5, 5.41) is 0. The van der Waals surface area contributed by atoms with Gasteiger partial charge in [0.15, 0.2) is 0 Å². The first-order valence-electron chi connectivity index (χ1n) is 4.92. The minimum absolute atomic E-state index is 0.161. The summed E-state index contributed by atoms with van der Waals surface area (Å²) in [5.74, 6) is 5.78. The van der Waals surface area contributed by atoms with Gasteiger partial charge >= 0.3 is 0 Å². The third-order valence-electron chi connectivity index (χ3n) is 2.23. The molecule has 0 spiro atoms. The first kappa shape index (κ1) is 12.1. The van der Waals surface area contributed by atoms with Crippen LogP contribution in [0.25, 0.3) is 0 Å². The van der Waals surface area contributed by atoms with Crippen LogP contribution in [0.1, 0.15) is 25.3 Å². The highest BCUT2D eigenvalue weighted by molar-refractivity contribution is 7.99. The predicted octanol–water partition coefficient (Wildman–Crippen LogP) is 1.89. The molecule has 0 heterocycles. The van der Waals surface area contributed by atoms with Gasteiger partial charge in [-0.2, -0.15) is 0 Å². The van der Waals surface area contributed by atoms with Gasteiger partial charge < -0.3 is 0 Å². The first-order valence-corrected chi connectivity index (χ1v) is 5.90. The molecule has 0 saturated carbocycles. The van der Waals surface area contributed by atoms with E-state index in [2.05, 4.69) is 12.3 Å². The number of hydrogen-bond donors (Lipinski definition) is 2. The lowest BCUT2D eigenvalue weighted by Gasteiger charge is -2.10. The van der Waals surface area contributed by atoms with Crippen molar-refractivity contribution >= 4 is 17.7 Å². The molecule has 1 aromatic rings. The van der Waals surface area contributed by atoms with Gasteiger partial charge in [-0.05, 0) is 30.4 Å². The molecule has 1 aromatic carbocycles. The van der Waals surface area contributed by atoms with Gasteiger partial charge in [-0.1, -0.05) is 19.1 Å². The van der Waals surface area contributed by atoms with Crippen LogP contribution in [0.15, 0.2) is 29.2 Å². The Kier molecular flexibility index (Phi) is 4.65. The van der Waals surface area contributed by atoms with Crippen LogP contribution >= 0.6 is 11.8 Å². The Bertz CT molecular complexity index is 324. The van der Waals surface area contributed by atoms with Crippen LogP contribution in [0.3, 0.4) is 0 Å². The SMILES string of the molecule is CCSc1ccc(C(C)C(=O)NN)cc1. The lowest BCUT2D eigenvalue weighted by Crippen LogP contribution is -2.33. The van der Waals surface area contributed by atoms with Crippen molar-refractivity contribution in [1.29, 1.82) is 0 Å². The van der Waals surface area contributed by atoms with E-state index in [9.17, 15) is 4.79 Å². The lowest BCUT2D eigenvalue weighted by molar-refractivity contribution is -0.122. The Balaban J connectivity index is 2.75. The van der Waals surface area contributed by atoms with Gasteiger partial charge in [0, 0.05) is 4.90 Å². The van der Waals surface area contributed by atoms with Crippen molar-refractivity contribution in [3.05, 3.63) is 29.8 Å². The molecule has 1 amide bonds. The summed E-state index contributed by atoms with van der Waals surface area (Å²) >= 11 is 1.78. The Morgan fingerprint density at radius 2 is 2.07 bits per heavy atom. The molecule has 0 saturated heterocycles. The molecule has 0 radical (unpaired) electrons. The van der Waals surface area contributed by atoms with Crippen LogP contribution in [0.5, 0.6) is 0 Å². The van der Waals surface area contributed by atoms with Crippen LogP contribution in [-0.4, -0.2) is 11.7 Å². The maximum Gasteiger partial charge on any atom is 0.241 e. The molecule has 3 nitrogen and oxygen atoms in total. The minimum atomic E-state index is -0.198. The number of amides is 1. The van der Waals surface area contributed by atoms with E-state index in [0.717, 1.165) is 11.3 Å². The van der Waals surface area contributed by atoms with Crippen LogP contribution in [0.2, 0.25) is 0 Å². The van der Waals surface area contributed by atoms with Gasteiger partial charge in [0.05, 0.1) is 5.92 Å². The Labute approximate surface area is 94.4 Å². The summed E-state index contributed by atoms with van der Waals surface area (Å²) in [5.41, 5.74) is 3.14. The third-order valence-corrected chi connectivity index (χ3v) is 3.12. The molecule has 1 unspecified atom stereocenters. The normalized spacial score (nSPS) is 12.2. The molecule has 1 rings (SSSR count). The Hall–Kier alpha value is -1.00. The van der Waals surface area contributed by atoms with Gasteiger partial charge in [-0.3, -0.25) is 10.2 Å². The largest absolute Gasteiger partial charge is 0.294 e. The Morgan fingerprint density at radius 3 is 2.53 bits per heavy atom. The van der Waals surface area contributed by atoms with E-state index in [1.165, 1.54) is 4.90 Å². The van der Waals surface area contributed by atoms with E-state index < -0.39 is 0 Å². The van der Waals surface area contributed by atoms with Crippen LogP contribution in [0, 0.1) is 0 Å². The molecule has 4 heteroatoms. The second kappa shape index (κ2) is 5.78. The molecule has 1 atom stereocenters. The summed E-state index contributed by atoms with van der Waals surface area (Å²) in [6.45, 7) is 3.95. The highest BCUT2D eigenvalue weighted by atomic mass is 32.2. The number of carbonyl (C=O) groups is 1. The van der Waals surface area contributed by atoms with Gasteiger partial charge in [0.25, 0.3) is 0 Å². The molecule has 3 N–H and O–H groups in total. The average molecular weight is 224 g/mol. The second-order valence-corrected chi connectivity index (χ2v) is 4.57. The monoisotopic (exact) mass is 224 g/mol. The summed E-state index contributed by atoms with van der Waals surface area (Å²) < 4.78 is 0. The molecule has 0 aliphatic carbocycles. The standard InChI is InChI=1S/C11H16N2OS/c1-3-15-10-6-4-9(5-7-10)8(2)11(14)13-12/h4-8H,3,12H2,1-2H3,(H,13,14). The zero-order valence-electron chi connectivity index (χ0n) is 8.99. The zero-order valence-corrected chi connectivity index (χ0v) is 9.80. The fourth-order valence-corrected chi connectivity index (χ4v) is 1.96. The average Bonchev–Trinajstić information content (AvgIpc) is 2.28. The molecule has 0 aliphatic heterocycles.